The van der Waals surface area contributed by atoms with E-state index < -0.39 is 0 Å². The minimum atomic E-state index is 0.359. The van der Waals surface area contributed by atoms with Crippen LogP contribution in [-0.2, 0) is 6.42 Å². The number of hydrogen-bond acceptors (Lipinski definition) is 4. The minimum Gasteiger partial charge on any atom is -0.187 e. The summed E-state index contributed by atoms with van der Waals surface area (Å²) < 4.78 is 1.93. The smallest absolute Gasteiger partial charge is 0.187 e. The summed E-state index contributed by atoms with van der Waals surface area (Å²) in [6.07, 6.45) is 4.23. The third-order valence-corrected chi connectivity index (χ3v) is 4.63. The number of aryl methyl sites for hydroxylation is 1. The van der Waals surface area contributed by atoms with Crippen LogP contribution < -0.4 is 0 Å². The first-order chi connectivity index (χ1) is 10.3. The number of aromatic nitrogens is 4. The van der Waals surface area contributed by atoms with Gasteiger partial charge in [0.25, 0.3) is 0 Å². The van der Waals surface area contributed by atoms with Gasteiger partial charge in [0.2, 0.25) is 4.96 Å². The molecule has 0 saturated heterocycles. The molecule has 0 aliphatic carbocycles. The van der Waals surface area contributed by atoms with Crippen molar-refractivity contribution in [3.05, 3.63) is 46.7 Å². The maximum Gasteiger partial charge on any atom is 0.234 e. The number of hydrogen-bond donors (Lipinski definition) is 0. The molecule has 3 rings (SSSR count). The summed E-state index contributed by atoms with van der Waals surface area (Å²) in [5, 5.41) is 14.4. The topological polar surface area (TPSA) is 43.1 Å². The Morgan fingerprint density at radius 3 is 2.62 bits per heavy atom. The Bertz CT molecular complexity index is 701. The molecule has 0 amide bonds. The minimum absolute atomic E-state index is 0.359. The van der Waals surface area contributed by atoms with Crippen LogP contribution in [0.5, 0.6) is 0 Å². The first-order valence-corrected chi connectivity index (χ1v) is 8.41. The van der Waals surface area contributed by atoms with E-state index in [9.17, 15) is 0 Å². The van der Waals surface area contributed by atoms with Crippen LogP contribution in [0, 0.1) is 0 Å². The lowest BCUT2D eigenvalue weighted by Crippen LogP contribution is -2.03. The van der Waals surface area contributed by atoms with Crippen LogP contribution in [0.4, 0.5) is 0 Å². The highest BCUT2D eigenvalue weighted by molar-refractivity contribution is 7.16. The van der Waals surface area contributed by atoms with Gasteiger partial charge >= 0.3 is 0 Å². The monoisotopic (exact) mass is 300 g/mol. The molecule has 5 heteroatoms. The molecule has 0 saturated carbocycles. The van der Waals surface area contributed by atoms with E-state index in [4.69, 9.17) is 5.10 Å². The molecule has 0 aliphatic heterocycles. The van der Waals surface area contributed by atoms with E-state index in [-0.39, 0.29) is 0 Å². The van der Waals surface area contributed by atoms with Crippen molar-refractivity contribution >= 4 is 16.3 Å². The maximum atomic E-state index is 4.80. The summed E-state index contributed by atoms with van der Waals surface area (Å²) in [5.74, 6) is 1.33. The zero-order chi connectivity index (χ0) is 14.7. The van der Waals surface area contributed by atoms with Gasteiger partial charge in [-0.1, -0.05) is 61.9 Å². The van der Waals surface area contributed by atoms with Crippen LogP contribution >= 0.6 is 11.3 Å². The van der Waals surface area contributed by atoms with E-state index in [1.165, 1.54) is 5.56 Å². The molecule has 21 heavy (non-hydrogen) atoms. The summed E-state index contributed by atoms with van der Waals surface area (Å²) >= 11 is 1.67. The fourth-order valence-corrected chi connectivity index (χ4v) is 3.62. The second-order valence-electron chi connectivity index (χ2n) is 5.25. The SMILES string of the molecule is CCCc1nnc2sc([C@H](CCC)c3ccccc3)nn12. The van der Waals surface area contributed by atoms with Crippen molar-refractivity contribution in [2.45, 2.75) is 45.4 Å². The first kappa shape index (κ1) is 14.2. The third kappa shape index (κ3) is 2.83. The Morgan fingerprint density at radius 2 is 1.90 bits per heavy atom. The van der Waals surface area contributed by atoms with Gasteiger partial charge < -0.3 is 0 Å². The van der Waals surface area contributed by atoms with Crippen molar-refractivity contribution in [1.82, 2.24) is 19.8 Å². The first-order valence-electron chi connectivity index (χ1n) is 7.59. The molecule has 1 aromatic carbocycles. The quantitative estimate of drug-likeness (QED) is 0.689. The van der Waals surface area contributed by atoms with Crippen LogP contribution in [-0.4, -0.2) is 19.8 Å². The molecule has 110 valence electrons. The number of nitrogens with zero attached hydrogens (tertiary/aromatic N) is 4. The van der Waals surface area contributed by atoms with E-state index in [1.807, 2.05) is 4.52 Å². The van der Waals surface area contributed by atoms with Crippen LogP contribution in [0.3, 0.4) is 0 Å². The van der Waals surface area contributed by atoms with E-state index in [2.05, 4.69) is 54.4 Å². The van der Waals surface area contributed by atoms with Crippen LogP contribution in [0.1, 0.15) is 55.4 Å². The zero-order valence-corrected chi connectivity index (χ0v) is 13.3. The Kier molecular flexibility index (Phi) is 4.29. The fourth-order valence-electron chi connectivity index (χ4n) is 2.60. The highest BCUT2D eigenvalue weighted by Gasteiger charge is 2.20. The van der Waals surface area contributed by atoms with Gasteiger partial charge in [-0.3, -0.25) is 0 Å². The molecule has 2 heterocycles. The van der Waals surface area contributed by atoms with Gasteiger partial charge in [-0.05, 0) is 18.4 Å². The van der Waals surface area contributed by atoms with Crippen LogP contribution in [0.25, 0.3) is 4.96 Å². The van der Waals surface area contributed by atoms with E-state index in [1.54, 1.807) is 11.3 Å². The number of rotatable bonds is 6. The summed E-state index contributed by atoms with van der Waals surface area (Å²) in [5.41, 5.74) is 1.33. The molecular weight excluding hydrogens is 280 g/mol. The molecule has 1 atom stereocenters. The van der Waals surface area contributed by atoms with Crippen molar-refractivity contribution in [2.75, 3.05) is 0 Å². The Labute approximate surface area is 128 Å². The predicted molar refractivity (Wildman–Crippen MR) is 85.8 cm³/mol. The summed E-state index contributed by atoms with van der Waals surface area (Å²) in [6, 6.07) is 10.6. The van der Waals surface area contributed by atoms with Gasteiger partial charge in [-0.15, -0.1) is 10.2 Å². The van der Waals surface area contributed by atoms with Gasteiger partial charge in [0.05, 0.1) is 0 Å². The summed E-state index contributed by atoms with van der Waals surface area (Å²) in [4.78, 5) is 0.908. The van der Waals surface area contributed by atoms with E-state index >= 15 is 0 Å². The lowest BCUT2D eigenvalue weighted by Gasteiger charge is -2.13. The predicted octanol–water partition coefficient (Wildman–Crippen LogP) is 4.07. The molecule has 0 unspecified atom stereocenters. The largest absolute Gasteiger partial charge is 0.234 e. The van der Waals surface area contributed by atoms with Gasteiger partial charge in [-0.2, -0.15) is 9.61 Å². The molecule has 0 bridgehead atoms. The van der Waals surface area contributed by atoms with E-state index in [0.717, 1.165) is 41.5 Å². The highest BCUT2D eigenvalue weighted by atomic mass is 32.1. The van der Waals surface area contributed by atoms with Crippen molar-refractivity contribution in [3.63, 3.8) is 0 Å². The zero-order valence-electron chi connectivity index (χ0n) is 12.5. The third-order valence-electron chi connectivity index (χ3n) is 3.62. The van der Waals surface area contributed by atoms with Gasteiger partial charge in [0.15, 0.2) is 5.82 Å². The van der Waals surface area contributed by atoms with Gasteiger partial charge in [-0.25, -0.2) is 0 Å². The molecular formula is C16H20N4S. The molecule has 0 fully saturated rings. The average molecular weight is 300 g/mol. The average Bonchev–Trinajstić information content (AvgIpc) is 3.08. The summed E-state index contributed by atoms with van der Waals surface area (Å²) in [7, 11) is 0. The second kappa shape index (κ2) is 6.35. The van der Waals surface area contributed by atoms with Gasteiger partial charge in [0.1, 0.15) is 5.01 Å². The number of fused-ring (bicyclic) bond motifs is 1. The van der Waals surface area contributed by atoms with Crippen molar-refractivity contribution in [2.24, 2.45) is 0 Å². The molecule has 0 spiro atoms. The van der Waals surface area contributed by atoms with E-state index in [0.29, 0.717) is 5.92 Å². The normalized spacial score (nSPS) is 12.9. The summed E-state index contributed by atoms with van der Waals surface area (Å²) in [6.45, 7) is 4.37. The van der Waals surface area contributed by atoms with Crippen molar-refractivity contribution in [1.29, 1.82) is 0 Å². The second-order valence-corrected chi connectivity index (χ2v) is 6.24. The van der Waals surface area contributed by atoms with Crippen LogP contribution in [0.2, 0.25) is 0 Å². The molecule has 0 N–H and O–H groups in total. The Balaban J connectivity index is 1.99. The molecule has 4 nitrogen and oxygen atoms in total. The molecule has 2 aromatic heterocycles. The lowest BCUT2D eigenvalue weighted by molar-refractivity contribution is 0.672. The highest BCUT2D eigenvalue weighted by Crippen LogP contribution is 2.32. The Morgan fingerprint density at radius 1 is 1.10 bits per heavy atom. The number of benzene rings is 1. The molecule has 0 aliphatic rings. The Hall–Kier alpha value is -1.75. The maximum absolute atomic E-state index is 4.80. The standard InChI is InChI=1S/C16H20N4S/c1-3-8-13(12-10-6-5-7-11-12)15-19-20-14(9-4-2)17-18-16(20)21-15/h5-7,10-11,13H,3-4,8-9H2,1-2H3/t13-/m1/s1. The van der Waals surface area contributed by atoms with Crippen molar-refractivity contribution < 1.29 is 0 Å². The molecule has 0 radical (unpaired) electrons. The van der Waals surface area contributed by atoms with Crippen molar-refractivity contribution in [3.8, 4) is 0 Å². The molecule has 3 aromatic rings. The lowest BCUT2D eigenvalue weighted by atomic mass is 9.95. The van der Waals surface area contributed by atoms with Gasteiger partial charge in [0, 0.05) is 12.3 Å². The van der Waals surface area contributed by atoms with Crippen LogP contribution in [0.15, 0.2) is 30.3 Å². The fraction of sp³-hybridized carbons (Fsp3) is 0.438.